The summed E-state index contributed by atoms with van der Waals surface area (Å²) in [6, 6.07) is 4.67. The lowest BCUT2D eigenvalue weighted by atomic mass is 10.1. The summed E-state index contributed by atoms with van der Waals surface area (Å²) < 4.78 is 22.8. The summed E-state index contributed by atoms with van der Waals surface area (Å²) in [4.78, 5) is -0.151. The predicted molar refractivity (Wildman–Crippen MR) is 56.6 cm³/mol. The lowest BCUT2D eigenvalue weighted by Crippen LogP contribution is -1.97. The monoisotopic (exact) mass is 293 g/mol. The van der Waals surface area contributed by atoms with Gasteiger partial charge >= 0.3 is 0 Å². The Morgan fingerprint density at radius 3 is 2.50 bits per heavy atom. The van der Waals surface area contributed by atoms with E-state index >= 15 is 0 Å². The van der Waals surface area contributed by atoms with Crippen LogP contribution in [0.4, 0.5) is 0 Å². The van der Waals surface area contributed by atoms with Crippen LogP contribution in [0.25, 0.3) is 0 Å². The van der Waals surface area contributed by atoms with Crippen LogP contribution in [-0.4, -0.2) is 8.42 Å². The molecule has 1 aromatic carbocycles. The second-order valence-corrected chi connectivity index (χ2v) is 5.98. The molecule has 0 N–H and O–H groups in total. The fraction of sp³-hybridized carbons (Fsp3) is 0.125. The smallest absolute Gasteiger partial charge is 0.207 e. The van der Waals surface area contributed by atoms with Crippen molar-refractivity contribution in [2.75, 3.05) is 0 Å². The Kier molecular flexibility index (Phi) is 3.20. The molecule has 0 saturated heterocycles. The molecule has 3 nitrogen and oxygen atoms in total. The molecule has 1 rings (SSSR count). The van der Waals surface area contributed by atoms with Gasteiger partial charge in [0.2, 0.25) is 0 Å². The van der Waals surface area contributed by atoms with Crippen molar-refractivity contribution in [3.05, 3.63) is 27.7 Å². The molecule has 0 aliphatic rings. The minimum absolute atomic E-state index is 0.0781. The van der Waals surface area contributed by atoms with E-state index in [-0.39, 0.29) is 10.5 Å². The maximum absolute atomic E-state index is 11.1. The van der Waals surface area contributed by atoms with Crippen molar-refractivity contribution in [1.82, 2.24) is 0 Å². The average Bonchev–Trinajstić information content (AvgIpc) is 2.07. The first-order valence-corrected chi connectivity index (χ1v) is 6.62. The van der Waals surface area contributed by atoms with Crippen LogP contribution in [0.1, 0.15) is 11.1 Å². The molecule has 0 unspecified atom stereocenters. The maximum Gasteiger partial charge on any atom is 0.262 e. The molecule has 0 atom stereocenters. The van der Waals surface area contributed by atoms with Crippen molar-refractivity contribution in [3.63, 3.8) is 0 Å². The molecule has 0 aliphatic heterocycles. The van der Waals surface area contributed by atoms with Crippen LogP contribution in [-0.2, 0) is 9.05 Å². The van der Waals surface area contributed by atoms with E-state index in [1.807, 2.05) is 6.07 Å². The van der Waals surface area contributed by atoms with Crippen molar-refractivity contribution in [1.29, 1.82) is 5.26 Å². The molecule has 0 heterocycles. The van der Waals surface area contributed by atoms with Crippen molar-refractivity contribution in [3.8, 4) is 6.07 Å². The Bertz CT molecular complexity index is 519. The van der Waals surface area contributed by atoms with Gasteiger partial charge in [0.1, 0.15) is 11.0 Å². The van der Waals surface area contributed by atoms with E-state index in [0.717, 1.165) is 0 Å². The molecule has 0 aromatic heterocycles. The van der Waals surface area contributed by atoms with Crippen LogP contribution in [0.3, 0.4) is 0 Å². The second-order valence-electron chi connectivity index (χ2n) is 2.60. The zero-order valence-corrected chi connectivity index (χ0v) is 10.2. The Morgan fingerprint density at radius 2 is 2.07 bits per heavy atom. The van der Waals surface area contributed by atoms with Crippen LogP contribution >= 0.6 is 26.6 Å². The minimum atomic E-state index is -3.86. The fourth-order valence-electron chi connectivity index (χ4n) is 1.00. The highest BCUT2D eigenvalue weighted by atomic mass is 79.9. The molecule has 14 heavy (non-hydrogen) atoms. The molecule has 0 saturated carbocycles. The molecule has 0 aliphatic carbocycles. The summed E-state index contributed by atoms with van der Waals surface area (Å²) in [6.45, 7) is 1.65. The van der Waals surface area contributed by atoms with E-state index in [2.05, 4.69) is 15.9 Å². The van der Waals surface area contributed by atoms with Gasteiger partial charge in [0.15, 0.2) is 0 Å². The molecule has 0 fully saturated rings. The minimum Gasteiger partial charge on any atom is -0.207 e. The molecule has 0 bridgehead atoms. The van der Waals surface area contributed by atoms with Gasteiger partial charge < -0.3 is 0 Å². The summed E-state index contributed by atoms with van der Waals surface area (Å²) in [7, 11) is 1.32. The zero-order valence-electron chi connectivity index (χ0n) is 7.08. The third-order valence-electron chi connectivity index (χ3n) is 1.74. The summed E-state index contributed by atoms with van der Waals surface area (Å²) in [5.74, 6) is 0. The Labute approximate surface area is 94.9 Å². The van der Waals surface area contributed by atoms with Crippen molar-refractivity contribution in [2.24, 2.45) is 0 Å². The van der Waals surface area contributed by atoms with Crippen LogP contribution in [0.5, 0.6) is 0 Å². The summed E-state index contributed by atoms with van der Waals surface area (Å²) in [5.41, 5.74) is 0.642. The van der Waals surface area contributed by atoms with Gasteiger partial charge in [-0.15, -0.1) is 0 Å². The van der Waals surface area contributed by atoms with Crippen LogP contribution < -0.4 is 0 Å². The largest absolute Gasteiger partial charge is 0.262 e. The first-order chi connectivity index (χ1) is 6.38. The average molecular weight is 295 g/mol. The summed E-state index contributed by atoms with van der Waals surface area (Å²) >= 11 is 3.20. The third-order valence-corrected chi connectivity index (χ3v) is 3.96. The topological polar surface area (TPSA) is 57.9 Å². The lowest BCUT2D eigenvalue weighted by Gasteiger charge is -2.04. The standard InChI is InChI=1S/C8H5BrClNO2S/c1-5-6(4-11)8(14(10,12)13)3-2-7(5)9/h2-3H,1H3. The number of hydrogen-bond acceptors (Lipinski definition) is 3. The number of halogens is 2. The molecule has 0 spiro atoms. The Balaban J connectivity index is 3.66. The van der Waals surface area contributed by atoms with Crippen molar-refractivity contribution >= 4 is 35.7 Å². The maximum atomic E-state index is 11.1. The Hall–Kier alpha value is -0.570. The molecule has 0 radical (unpaired) electrons. The van der Waals surface area contributed by atoms with E-state index in [4.69, 9.17) is 15.9 Å². The van der Waals surface area contributed by atoms with Gasteiger partial charge in [0.05, 0.1) is 5.56 Å². The highest BCUT2D eigenvalue weighted by molar-refractivity contribution is 9.10. The predicted octanol–water partition coefficient (Wildman–Crippen LogP) is 2.56. The molecule has 0 amide bonds. The molecular weight excluding hydrogens is 290 g/mol. The van der Waals surface area contributed by atoms with Gasteiger partial charge in [-0.1, -0.05) is 15.9 Å². The summed E-state index contributed by atoms with van der Waals surface area (Å²) in [6.07, 6.45) is 0. The quantitative estimate of drug-likeness (QED) is 0.748. The van der Waals surface area contributed by atoms with Gasteiger partial charge in [0, 0.05) is 15.2 Å². The van der Waals surface area contributed by atoms with E-state index in [0.29, 0.717) is 10.0 Å². The van der Waals surface area contributed by atoms with Gasteiger partial charge in [-0.3, -0.25) is 0 Å². The Morgan fingerprint density at radius 1 is 1.50 bits per heavy atom. The van der Waals surface area contributed by atoms with Crippen LogP contribution in [0.2, 0.25) is 0 Å². The number of rotatable bonds is 1. The highest BCUT2D eigenvalue weighted by Gasteiger charge is 2.18. The number of nitrogens with zero attached hydrogens (tertiary/aromatic N) is 1. The van der Waals surface area contributed by atoms with Gasteiger partial charge in [-0.2, -0.15) is 5.26 Å². The summed E-state index contributed by atoms with van der Waals surface area (Å²) in [5, 5.41) is 8.79. The van der Waals surface area contributed by atoms with E-state index in [1.165, 1.54) is 6.07 Å². The second kappa shape index (κ2) is 3.89. The van der Waals surface area contributed by atoms with Crippen molar-refractivity contribution in [2.45, 2.75) is 11.8 Å². The lowest BCUT2D eigenvalue weighted by molar-refractivity contribution is 0.609. The fourth-order valence-corrected chi connectivity index (χ4v) is 2.39. The molecular formula is C8H5BrClNO2S. The third kappa shape index (κ3) is 2.08. The van der Waals surface area contributed by atoms with E-state index in [1.54, 1.807) is 13.0 Å². The number of benzene rings is 1. The normalized spacial score (nSPS) is 11.0. The molecule has 74 valence electrons. The zero-order chi connectivity index (χ0) is 10.9. The van der Waals surface area contributed by atoms with Crippen molar-refractivity contribution < 1.29 is 8.42 Å². The first kappa shape index (κ1) is 11.5. The van der Waals surface area contributed by atoms with E-state index < -0.39 is 9.05 Å². The van der Waals surface area contributed by atoms with Gasteiger partial charge in [-0.25, -0.2) is 8.42 Å². The molecule has 1 aromatic rings. The number of hydrogen-bond donors (Lipinski definition) is 0. The first-order valence-electron chi connectivity index (χ1n) is 3.52. The van der Waals surface area contributed by atoms with Gasteiger partial charge in [-0.05, 0) is 24.6 Å². The SMILES string of the molecule is Cc1c(Br)ccc(S(=O)(=O)Cl)c1C#N. The van der Waals surface area contributed by atoms with Gasteiger partial charge in [0.25, 0.3) is 9.05 Å². The highest BCUT2D eigenvalue weighted by Crippen LogP contribution is 2.27. The van der Waals surface area contributed by atoms with Crippen LogP contribution in [0.15, 0.2) is 21.5 Å². The molecule has 6 heteroatoms. The number of nitriles is 1. The van der Waals surface area contributed by atoms with Crippen LogP contribution in [0, 0.1) is 18.3 Å². The van der Waals surface area contributed by atoms with E-state index in [9.17, 15) is 8.42 Å².